The predicted molar refractivity (Wildman–Crippen MR) is 88.1 cm³/mol. The van der Waals surface area contributed by atoms with Crippen molar-refractivity contribution in [3.63, 3.8) is 0 Å². The van der Waals surface area contributed by atoms with Gasteiger partial charge in [-0.2, -0.15) is 0 Å². The number of hydrogen-bond donors (Lipinski definition) is 2. The fourth-order valence-corrected chi connectivity index (χ4v) is 2.56. The molecule has 2 aromatic rings. The van der Waals surface area contributed by atoms with Gasteiger partial charge >= 0.3 is 0 Å². The number of anilines is 1. The van der Waals surface area contributed by atoms with Crippen molar-refractivity contribution >= 4 is 35.3 Å². The molecule has 2 N–H and O–H groups in total. The summed E-state index contributed by atoms with van der Waals surface area (Å²) in [6, 6.07) is 11.7. The van der Waals surface area contributed by atoms with Crippen LogP contribution in [0.1, 0.15) is 27.0 Å². The van der Waals surface area contributed by atoms with Crippen LogP contribution in [0.15, 0.2) is 36.4 Å². The van der Waals surface area contributed by atoms with Gasteiger partial charge in [-0.25, -0.2) is 0 Å². The number of thiophene rings is 1. The number of amides is 1. The molecule has 5 heteroatoms. The summed E-state index contributed by atoms with van der Waals surface area (Å²) < 4.78 is 0. The number of carbonyl (C=O) groups is 1. The van der Waals surface area contributed by atoms with Gasteiger partial charge in [-0.1, -0.05) is 25.1 Å². The third-order valence-corrected chi connectivity index (χ3v) is 3.79. The van der Waals surface area contributed by atoms with E-state index in [-0.39, 0.29) is 18.3 Å². The number of aryl methyl sites for hydroxylation is 1. The van der Waals surface area contributed by atoms with E-state index in [0.29, 0.717) is 0 Å². The molecule has 0 spiro atoms. The van der Waals surface area contributed by atoms with Gasteiger partial charge in [0.15, 0.2) is 0 Å². The van der Waals surface area contributed by atoms with Crippen molar-refractivity contribution in [1.29, 1.82) is 0 Å². The van der Waals surface area contributed by atoms with Gasteiger partial charge in [-0.3, -0.25) is 4.79 Å². The number of carbonyl (C=O) groups excluding carboxylic acids is 1. The first-order valence-corrected chi connectivity index (χ1v) is 7.18. The average Bonchev–Trinajstić information content (AvgIpc) is 2.84. The van der Waals surface area contributed by atoms with Crippen molar-refractivity contribution in [2.45, 2.75) is 20.4 Å². The normalized spacial score (nSPS) is 9.90. The van der Waals surface area contributed by atoms with Crippen molar-refractivity contribution < 1.29 is 4.79 Å². The van der Waals surface area contributed by atoms with Crippen LogP contribution in [0, 0.1) is 6.92 Å². The Morgan fingerprint density at radius 2 is 1.95 bits per heavy atom. The molecule has 20 heavy (non-hydrogen) atoms. The van der Waals surface area contributed by atoms with Gasteiger partial charge in [-0.05, 0) is 37.2 Å². The molecule has 0 unspecified atom stereocenters. The minimum atomic E-state index is -0.0398. The number of nitrogens with one attached hydrogen (secondary N) is 2. The topological polar surface area (TPSA) is 41.1 Å². The van der Waals surface area contributed by atoms with Crippen LogP contribution in [0.3, 0.4) is 0 Å². The largest absolute Gasteiger partial charge is 0.321 e. The summed E-state index contributed by atoms with van der Waals surface area (Å²) in [6.45, 7) is 5.74. The molecular formula is C15H19ClN2OS. The molecule has 0 aliphatic carbocycles. The number of rotatable bonds is 5. The van der Waals surface area contributed by atoms with Gasteiger partial charge in [0.25, 0.3) is 5.91 Å². The van der Waals surface area contributed by atoms with Gasteiger partial charge in [0, 0.05) is 17.1 Å². The average molecular weight is 311 g/mol. The van der Waals surface area contributed by atoms with Crippen LogP contribution in [0.25, 0.3) is 0 Å². The first kappa shape index (κ1) is 16.7. The highest BCUT2D eigenvalue weighted by molar-refractivity contribution is 7.14. The Hall–Kier alpha value is -1.36. The molecule has 3 nitrogen and oxygen atoms in total. The van der Waals surface area contributed by atoms with Crippen LogP contribution < -0.4 is 10.6 Å². The molecule has 1 aromatic carbocycles. The quantitative estimate of drug-likeness (QED) is 0.881. The summed E-state index contributed by atoms with van der Waals surface area (Å²) in [5, 5.41) is 6.25. The van der Waals surface area contributed by atoms with E-state index in [1.165, 1.54) is 11.3 Å². The highest BCUT2D eigenvalue weighted by Crippen LogP contribution is 2.19. The number of para-hydroxylation sites is 1. The predicted octanol–water partition coefficient (Wildman–Crippen LogP) is 3.84. The fraction of sp³-hybridized carbons (Fsp3) is 0.267. The molecule has 108 valence electrons. The molecule has 0 bridgehead atoms. The zero-order chi connectivity index (χ0) is 13.7. The van der Waals surface area contributed by atoms with Crippen molar-refractivity contribution in [2.75, 3.05) is 11.9 Å². The summed E-state index contributed by atoms with van der Waals surface area (Å²) >= 11 is 1.51. The van der Waals surface area contributed by atoms with E-state index < -0.39 is 0 Å². The highest BCUT2D eigenvalue weighted by atomic mass is 35.5. The second-order valence-corrected chi connectivity index (χ2v) is 5.59. The summed E-state index contributed by atoms with van der Waals surface area (Å²) in [6.07, 6.45) is 0. The third kappa shape index (κ3) is 4.34. The van der Waals surface area contributed by atoms with Gasteiger partial charge in [0.05, 0.1) is 4.88 Å². The summed E-state index contributed by atoms with van der Waals surface area (Å²) in [5.74, 6) is -0.0398. The summed E-state index contributed by atoms with van der Waals surface area (Å²) in [5.41, 5.74) is 1.98. The first-order valence-electron chi connectivity index (χ1n) is 6.37. The van der Waals surface area contributed by atoms with Crippen LogP contribution in [-0.4, -0.2) is 12.5 Å². The van der Waals surface area contributed by atoms with Crippen molar-refractivity contribution in [2.24, 2.45) is 0 Å². The van der Waals surface area contributed by atoms with Crippen LogP contribution >= 0.6 is 23.7 Å². The Morgan fingerprint density at radius 1 is 1.20 bits per heavy atom. The lowest BCUT2D eigenvalue weighted by atomic mass is 10.1. The van der Waals surface area contributed by atoms with Crippen molar-refractivity contribution in [3.8, 4) is 0 Å². The van der Waals surface area contributed by atoms with Crippen molar-refractivity contribution in [1.82, 2.24) is 5.32 Å². The number of benzene rings is 1. The van der Waals surface area contributed by atoms with Crippen LogP contribution in [0.2, 0.25) is 0 Å². The monoisotopic (exact) mass is 310 g/mol. The molecule has 0 saturated heterocycles. The molecule has 0 atom stereocenters. The number of hydrogen-bond acceptors (Lipinski definition) is 3. The molecule has 0 aliphatic heterocycles. The highest BCUT2D eigenvalue weighted by Gasteiger charge is 2.10. The van der Waals surface area contributed by atoms with Crippen molar-refractivity contribution in [3.05, 3.63) is 51.7 Å². The lowest BCUT2D eigenvalue weighted by Gasteiger charge is -2.10. The molecule has 1 aromatic heterocycles. The molecule has 0 saturated carbocycles. The maximum Gasteiger partial charge on any atom is 0.265 e. The van der Waals surface area contributed by atoms with Gasteiger partial charge in [0.1, 0.15) is 0 Å². The molecule has 0 fully saturated rings. The van der Waals surface area contributed by atoms with E-state index in [1.807, 2.05) is 43.3 Å². The van der Waals surface area contributed by atoms with E-state index in [1.54, 1.807) is 0 Å². The molecule has 1 heterocycles. The molecular weight excluding hydrogens is 292 g/mol. The van der Waals surface area contributed by atoms with E-state index in [4.69, 9.17) is 0 Å². The maximum atomic E-state index is 12.1. The Labute approximate surface area is 129 Å². The van der Waals surface area contributed by atoms with Crippen LogP contribution in [-0.2, 0) is 6.54 Å². The second kappa shape index (κ2) is 8.04. The van der Waals surface area contributed by atoms with Crippen LogP contribution in [0.5, 0.6) is 0 Å². The zero-order valence-electron chi connectivity index (χ0n) is 11.6. The fourth-order valence-electron chi connectivity index (χ4n) is 1.80. The van der Waals surface area contributed by atoms with Gasteiger partial charge in [-0.15, -0.1) is 23.7 Å². The van der Waals surface area contributed by atoms with E-state index >= 15 is 0 Å². The maximum absolute atomic E-state index is 12.1. The smallest absolute Gasteiger partial charge is 0.265 e. The Kier molecular flexibility index (Phi) is 6.71. The van der Waals surface area contributed by atoms with E-state index in [9.17, 15) is 4.79 Å². The third-order valence-electron chi connectivity index (χ3n) is 2.80. The molecule has 1 amide bonds. The molecule has 2 rings (SSSR count). The Morgan fingerprint density at radius 3 is 2.60 bits per heavy atom. The Balaban J connectivity index is 0.00000200. The minimum Gasteiger partial charge on any atom is -0.321 e. The Bertz CT molecular complexity index is 569. The van der Waals surface area contributed by atoms with Gasteiger partial charge < -0.3 is 10.6 Å². The van der Waals surface area contributed by atoms with E-state index in [0.717, 1.165) is 34.1 Å². The SMILES string of the molecule is CCNCc1ccccc1NC(=O)c1ccc(C)s1.Cl. The number of halogens is 1. The zero-order valence-corrected chi connectivity index (χ0v) is 13.2. The summed E-state index contributed by atoms with van der Waals surface area (Å²) in [4.78, 5) is 14.0. The van der Waals surface area contributed by atoms with E-state index in [2.05, 4.69) is 17.6 Å². The lowest BCUT2D eigenvalue weighted by Crippen LogP contribution is -2.16. The standard InChI is InChI=1S/C15H18N2OS.ClH/c1-3-16-10-12-6-4-5-7-13(12)17-15(18)14-9-8-11(2)19-14;/h4-9,16H,3,10H2,1-2H3,(H,17,18);1H. The summed E-state index contributed by atoms with van der Waals surface area (Å²) in [7, 11) is 0. The van der Waals surface area contributed by atoms with Gasteiger partial charge in [0.2, 0.25) is 0 Å². The second-order valence-electron chi connectivity index (χ2n) is 4.30. The molecule has 0 radical (unpaired) electrons. The lowest BCUT2D eigenvalue weighted by molar-refractivity contribution is 0.103. The molecule has 0 aliphatic rings. The van der Waals surface area contributed by atoms with Crippen LogP contribution in [0.4, 0.5) is 5.69 Å². The minimum absolute atomic E-state index is 0. The first-order chi connectivity index (χ1) is 9.20.